The highest BCUT2D eigenvalue weighted by atomic mass is 35.5. The Hall–Kier alpha value is -1.23. The van der Waals surface area contributed by atoms with Crippen LogP contribution in [0, 0.1) is 0 Å². The van der Waals surface area contributed by atoms with Gasteiger partial charge < -0.3 is 9.88 Å². The van der Waals surface area contributed by atoms with E-state index in [1.54, 1.807) is 11.9 Å². The van der Waals surface area contributed by atoms with Gasteiger partial charge in [0.2, 0.25) is 11.2 Å². The number of nitrogens with zero attached hydrogens (tertiary/aromatic N) is 5. The lowest BCUT2D eigenvalue weighted by molar-refractivity contribution is -0.137. The molecule has 3 rings (SSSR count). The molecule has 0 radical (unpaired) electrons. The molecule has 1 aliphatic heterocycles. The van der Waals surface area contributed by atoms with Crippen molar-refractivity contribution in [3.8, 4) is 11.4 Å². The van der Waals surface area contributed by atoms with Crippen LogP contribution in [0.1, 0.15) is 18.4 Å². The van der Waals surface area contributed by atoms with E-state index in [9.17, 15) is 13.2 Å². The second kappa shape index (κ2) is 8.02. The summed E-state index contributed by atoms with van der Waals surface area (Å²) in [4.78, 5) is 11.9. The molecule has 1 aliphatic rings. The molecule has 0 amide bonds. The summed E-state index contributed by atoms with van der Waals surface area (Å²) in [7, 11) is 1.51. The fourth-order valence-corrected chi connectivity index (χ4v) is 3.81. The van der Waals surface area contributed by atoms with Crippen LogP contribution in [0.3, 0.4) is 0 Å². The van der Waals surface area contributed by atoms with Gasteiger partial charge in [-0.1, -0.05) is 23.5 Å². The lowest BCUT2D eigenvalue weighted by Crippen LogP contribution is -2.35. The third kappa shape index (κ3) is 4.44. The number of anilines is 1. The van der Waals surface area contributed by atoms with Crippen molar-refractivity contribution < 1.29 is 13.2 Å². The monoisotopic (exact) mass is 440 g/mol. The quantitative estimate of drug-likeness (QED) is 0.712. The second-order valence-electron chi connectivity index (χ2n) is 6.06. The molecule has 0 spiro atoms. The van der Waals surface area contributed by atoms with Gasteiger partial charge >= 0.3 is 6.18 Å². The van der Waals surface area contributed by atoms with Gasteiger partial charge in [-0.05, 0) is 30.7 Å². The maximum absolute atomic E-state index is 13.4. The summed E-state index contributed by atoms with van der Waals surface area (Å²) < 4.78 is 43.8. The molecule has 1 N–H and O–H groups in total. The Bertz CT molecular complexity index is 821. The van der Waals surface area contributed by atoms with Crippen molar-refractivity contribution in [2.75, 3.05) is 24.7 Å². The molecule has 0 unspecified atom stereocenters. The first-order valence-electron chi connectivity index (χ1n) is 8.08. The van der Waals surface area contributed by atoms with Gasteiger partial charge in [-0.25, -0.2) is 15.0 Å². The molecule has 148 valence electrons. The zero-order valence-electron chi connectivity index (χ0n) is 14.5. The SMILES string of the molecule is CSN1CCC(Nc2ncc(C(F)(F)F)c(-c3nc(Cl)n(C)c3Cl)n2)CC1. The minimum absolute atomic E-state index is 0.0246. The molecule has 3 heterocycles. The average molecular weight is 441 g/mol. The van der Waals surface area contributed by atoms with Crippen molar-refractivity contribution in [3.05, 3.63) is 22.2 Å². The van der Waals surface area contributed by atoms with Gasteiger partial charge in [0.15, 0.2) is 0 Å². The van der Waals surface area contributed by atoms with Gasteiger partial charge in [-0.2, -0.15) is 13.2 Å². The van der Waals surface area contributed by atoms with Gasteiger partial charge in [0.1, 0.15) is 22.1 Å². The molecule has 1 saturated heterocycles. The lowest BCUT2D eigenvalue weighted by Gasteiger charge is -2.30. The molecule has 2 aromatic rings. The Morgan fingerprint density at radius 1 is 1.19 bits per heavy atom. The van der Waals surface area contributed by atoms with Crippen LogP contribution in [0.2, 0.25) is 10.4 Å². The summed E-state index contributed by atoms with van der Waals surface area (Å²) >= 11 is 13.7. The van der Waals surface area contributed by atoms with Crippen molar-refractivity contribution in [2.24, 2.45) is 7.05 Å². The van der Waals surface area contributed by atoms with Crippen molar-refractivity contribution in [1.29, 1.82) is 0 Å². The first-order valence-corrected chi connectivity index (χ1v) is 10.0. The van der Waals surface area contributed by atoms with Crippen LogP contribution < -0.4 is 5.32 Å². The summed E-state index contributed by atoms with van der Waals surface area (Å²) in [5.41, 5.74) is -1.53. The average Bonchev–Trinajstić information content (AvgIpc) is 2.89. The van der Waals surface area contributed by atoms with E-state index in [1.807, 2.05) is 6.26 Å². The molecule has 0 aromatic carbocycles. The molecule has 0 aliphatic carbocycles. The number of aromatic nitrogens is 4. The van der Waals surface area contributed by atoms with Crippen LogP contribution in [0.5, 0.6) is 0 Å². The molecule has 2 aromatic heterocycles. The Morgan fingerprint density at radius 2 is 1.85 bits per heavy atom. The van der Waals surface area contributed by atoms with Gasteiger partial charge in [0, 0.05) is 32.4 Å². The first-order chi connectivity index (χ1) is 12.7. The summed E-state index contributed by atoms with van der Waals surface area (Å²) in [6, 6.07) is 0.0841. The summed E-state index contributed by atoms with van der Waals surface area (Å²) in [5.74, 6) is 0.110. The second-order valence-corrected chi connectivity index (χ2v) is 7.64. The van der Waals surface area contributed by atoms with Gasteiger partial charge in [-0.15, -0.1) is 0 Å². The summed E-state index contributed by atoms with van der Waals surface area (Å²) in [5, 5.41) is 3.07. The lowest BCUT2D eigenvalue weighted by atomic mass is 10.1. The number of rotatable bonds is 4. The number of alkyl halides is 3. The van der Waals surface area contributed by atoms with E-state index in [0.29, 0.717) is 0 Å². The fourth-order valence-electron chi connectivity index (χ4n) is 2.81. The number of hydrogen-bond donors (Lipinski definition) is 1. The van der Waals surface area contributed by atoms with E-state index >= 15 is 0 Å². The zero-order valence-corrected chi connectivity index (χ0v) is 16.8. The van der Waals surface area contributed by atoms with Crippen LogP contribution in [-0.2, 0) is 13.2 Å². The smallest absolute Gasteiger partial charge is 0.351 e. The highest BCUT2D eigenvalue weighted by Crippen LogP contribution is 2.38. The Labute approximate surface area is 168 Å². The van der Waals surface area contributed by atoms with Crippen LogP contribution in [0.4, 0.5) is 19.1 Å². The molecule has 0 bridgehead atoms. The normalized spacial score (nSPS) is 16.7. The molecular weight excluding hydrogens is 424 g/mol. The number of hydrogen-bond acceptors (Lipinski definition) is 6. The molecule has 6 nitrogen and oxygen atoms in total. The van der Waals surface area contributed by atoms with Gasteiger partial charge in [-0.3, -0.25) is 4.31 Å². The Balaban J connectivity index is 1.93. The van der Waals surface area contributed by atoms with Gasteiger partial charge in [0.25, 0.3) is 0 Å². The Kier molecular flexibility index (Phi) is 6.09. The number of piperidine rings is 1. The van der Waals surface area contributed by atoms with E-state index in [4.69, 9.17) is 23.2 Å². The van der Waals surface area contributed by atoms with Crippen molar-refractivity contribution >= 4 is 41.1 Å². The van der Waals surface area contributed by atoms with Crippen molar-refractivity contribution in [2.45, 2.75) is 25.1 Å². The summed E-state index contributed by atoms with van der Waals surface area (Å²) in [6.07, 6.45) is -0.195. The topological polar surface area (TPSA) is 58.9 Å². The van der Waals surface area contributed by atoms with Crippen molar-refractivity contribution in [1.82, 2.24) is 23.8 Å². The van der Waals surface area contributed by atoms with Crippen LogP contribution in [0.25, 0.3) is 11.4 Å². The van der Waals surface area contributed by atoms with E-state index in [-0.39, 0.29) is 28.1 Å². The minimum Gasteiger partial charge on any atom is -0.351 e. The van der Waals surface area contributed by atoms with Gasteiger partial charge in [0.05, 0.1) is 0 Å². The predicted molar refractivity (Wildman–Crippen MR) is 101 cm³/mol. The van der Waals surface area contributed by atoms with Crippen LogP contribution >= 0.6 is 35.1 Å². The first kappa shape index (κ1) is 20.5. The molecule has 0 atom stereocenters. The fraction of sp³-hybridized carbons (Fsp3) is 0.533. The third-order valence-electron chi connectivity index (χ3n) is 4.33. The summed E-state index contributed by atoms with van der Waals surface area (Å²) in [6.45, 7) is 1.77. The third-order valence-corrected chi connectivity index (χ3v) is 5.99. The number of imidazole rings is 1. The van der Waals surface area contributed by atoms with Crippen LogP contribution in [-0.4, -0.2) is 49.2 Å². The van der Waals surface area contributed by atoms with Crippen molar-refractivity contribution in [3.63, 3.8) is 0 Å². The zero-order chi connectivity index (χ0) is 19.8. The number of nitrogens with one attached hydrogen (secondary N) is 1. The maximum Gasteiger partial charge on any atom is 0.420 e. The van der Waals surface area contributed by atoms with E-state index in [0.717, 1.165) is 32.1 Å². The molecular formula is C15H17Cl2F3N6S. The van der Waals surface area contributed by atoms with E-state index < -0.39 is 17.4 Å². The minimum atomic E-state index is -4.65. The highest BCUT2D eigenvalue weighted by Gasteiger charge is 2.37. The van der Waals surface area contributed by atoms with E-state index in [1.165, 1.54) is 11.6 Å². The van der Waals surface area contributed by atoms with E-state index in [2.05, 4.69) is 24.6 Å². The standard InChI is InChI=1S/C15H17Cl2F3N6S/c1-25-12(16)11(23-13(25)17)10-9(15(18,19)20)7-21-14(24-10)22-8-3-5-26(27-2)6-4-8/h7-8H,3-6H2,1-2H3,(H,21,22,24). The molecule has 27 heavy (non-hydrogen) atoms. The molecule has 12 heteroatoms. The molecule has 1 fully saturated rings. The predicted octanol–water partition coefficient (Wildman–Crippen LogP) is 4.36. The Morgan fingerprint density at radius 3 is 2.37 bits per heavy atom. The number of halogens is 5. The maximum atomic E-state index is 13.4. The largest absolute Gasteiger partial charge is 0.420 e. The molecule has 0 saturated carbocycles. The highest BCUT2D eigenvalue weighted by molar-refractivity contribution is 7.96. The van der Waals surface area contributed by atoms with Crippen LogP contribution in [0.15, 0.2) is 6.20 Å².